The van der Waals surface area contributed by atoms with Gasteiger partial charge in [-0.3, -0.25) is 9.98 Å². The zero-order valence-corrected chi connectivity index (χ0v) is 19.0. The van der Waals surface area contributed by atoms with Gasteiger partial charge in [-0.2, -0.15) is 4.98 Å². The fourth-order valence-corrected chi connectivity index (χ4v) is 3.40. The number of nitrogens with one attached hydrogen (secondary N) is 2. The molecule has 3 rings (SSSR count). The Morgan fingerprint density at radius 2 is 1.58 bits per heavy atom. The molecule has 0 saturated heterocycles. The van der Waals surface area contributed by atoms with Gasteiger partial charge in [-0.25, -0.2) is 14.2 Å². The first-order valence-electron chi connectivity index (χ1n) is 10.9. The normalized spacial score (nSPS) is 10.7. The maximum Gasteiger partial charge on any atom is 0.355 e. The van der Waals surface area contributed by atoms with E-state index >= 15 is 0 Å². The zero-order valence-electron chi connectivity index (χ0n) is 19.0. The van der Waals surface area contributed by atoms with Crippen LogP contribution in [0.15, 0.2) is 58.1 Å². The van der Waals surface area contributed by atoms with E-state index in [1.807, 2.05) is 48.5 Å². The lowest BCUT2D eigenvalue weighted by molar-refractivity contribution is 0.414. The van der Waals surface area contributed by atoms with E-state index in [1.165, 1.54) is 10.1 Å². The summed E-state index contributed by atoms with van der Waals surface area (Å²) in [6, 6.07) is 15.2. The molecule has 0 bridgehead atoms. The standard InChI is InChI=1S/C24H30N6O3/c1-3-17-6-8-18(9-7-17)16-30-23(31)28-22(27-14-4-5-21(25)26)29(24(30)32)15-19-10-12-20(33-2)13-11-19/h6-13H,3-5,14-16H2,1-2H3,(H3,25,26)(H,27,28,31). The maximum absolute atomic E-state index is 13.4. The molecule has 33 heavy (non-hydrogen) atoms. The molecule has 0 spiro atoms. The molecular weight excluding hydrogens is 420 g/mol. The number of anilines is 1. The van der Waals surface area contributed by atoms with Crippen LogP contribution in [0, 0.1) is 5.41 Å². The van der Waals surface area contributed by atoms with Crippen LogP contribution in [-0.2, 0) is 19.5 Å². The maximum atomic E-state index is 13.4. The van der Waals surface area contributed by atoms with Crippen molar-refractivity contribution in [3.8, 4) is 5.75 Å². The Labute approximate surface area is 192 Å². The Kier molecular flexibility index (Phi) is 8.01. The van der Waals surface area contributed by atoms with E-state index in [2.05, 4.69) is 17.2 Å². The van der Waals surface area contributed by atoms with Crippen molar-refractivity contribution in [2.45, 2.75) is 39.3 Å². The van der Waals surface area contributed by atoms with Crippen LogP contribution in [-0.4, -0.2) is 33.6 Å². The highest BCUT2D eigenvalue weighted by Gasteiger charge is 2.14. The fourth-order valence-electron chi connectivity index (χ4n) is 3.40. The Bertz CT molecular complexity index is 1200. The first-order chi connectivity index (χ1) is 15.9. The third-order valence-corrected chi connectivity index (χ3v) is 5.33. The van der Waals surface area contributed by atoms with Crippen molar-refractivity contribution in [1.29, 1.82) is 5.41 Å². The summed E-state index contributed by atoms with van der Waals surface area (Å²) >= 11 is 0. The fraction of sp³-hybridized carbons (Fsp3) is 0.333. The predicted molar refractivity (Wildman–Crippen MR) is 129 cm³/mol. The highest BCUT2D eigenvalue weighted by atomic mass is 16.5. The monoisotopic (exact) mass is 450 g/mol. The van der Waals surface area contributed by atoms with Gasteiger partial charge in [0.1, 0.15) is 5.75 Å². The van der Waals surface area contributed by atoms with Crippen molar-refractivity contribution in [2.75, 3.05) is 19.0 Å². The molecule has 0 fully saturated rings. The smallest absolute Gasteiger partial charge is 0.355 e. The van der Waals surface area contributed by atoms with Crippen molar-refractivity contribution >= 4 is 11.8 Å². The second kappa shape index (κ2) is 11.1. The van der Waals surface area contributed by atoms with Crippen LogP contribution >= 0.6 is 0 Å². The van der Waals surface area contributed by atoms with E-state index < -0.39 is 11.4 Å². The molecule has 1 heterocycles. The summed E-state index contributed by atoms with van der Waals surface area (Å²) < 4.78 is 7.80. The average molecular weight is 451 g/mol. The number of rotatable bonds is 11. The molecule has 0 saturated carbocycles. The highest BCUT2D eigenvalue weighted by Crippen LogP contribution is 2.13. The number of benzene rings is 2. The van der Waals surface area contributed by atoms with Gasteiger partial charge in [0.25, 0.3) is 0 Å². The Balaban J connectivity index is 1.94. The van der Waals surface area contributed by atoms with Gasteiger partial charge in [0.2, 0.25) is 5.95 Å². The number of hydrogen-bond donors (Lipinski definition) is 3. The van der Waals surface area contributed by atoms with E-state index in [0.29, 0.717) is 25.1 Å². The number of hydrogen-bond acceptors (Lipinski definition) is 6. The van der Waals surface area contributed by atoms with Crippen LogP contribution in [0.25, 0.3) is 0 Å². The minimum atomic E-state index is -0.611. The van der Waals surface area contributed by atoms with Crippen molar-refractivity contribution in [3.63, 3.8) is 0 Å². The molecular formula is C24H30N6O3. The first kappa shape index (κ1) is 23.8. The summed E-state index contributed by atoms with van der Waals surface area (Å²) in [7, 11) is 1.59. The summed E-state index contributed by atoms with van der Waals surface area (Å²) in [5.41, 5.74) is 7.26. The number of methoxy groups -OCH3 is 1. The average Bonchev–Trinajstić information content (AvgIpc) is 2.82. The van der Waals surface area contributed by atoms with E-state index in [0.717, 1.165) is 22.1 Å². The van der Waals surface area contributed by atoms with Crippen LogP contribution < -0.4 is 27.2 Å². The zero-order chi connectivity index (χ0) is 23.8. The molecule has 0 aliphatic carbocycles. The molecule has 0 radical (unpaired) electrons. The van der Waals surface area contributed by atoms with Gasteiger partial charge in [-0.05, 0) is 41.7 Å². The van der Waals surface area contributed by atoms with E-state index in [9.17, 15) is 9.59 Å². The molecule has 9 nitrogen and oxygen atoms in total. The molecule has 0 amide bonds. The van der Waals surface area contributed by atoms with Crippen molar-refractivity contribution < 1.29 is 4.74 Å². The number of aryl methyl sites for hydroxylation is 1. The molecule has 0 aliphatic heterocycles. The second-order valence-electron chi connectivity index (χ2n) is 7.75. The quantitative estimate of drug-likeness (QED) is 0.233. The van der Waals surface area contributed by atoms with Gasteiger partial charge >= 0.3 is 11.4 Å². The Morgan fingerprint density at radius 3 is 2.15 bits per heavy atom. The lowest BCUT2D eigenvalue weighted by Crippen LogP contribution is -2.43. The number of nitrogens with zero attached hydrogens (tertiary/aromatic N) is 3. The summed E-state index contributed by atoms with van der Waals surface area (Å²) in [5, 5.41) is 10.4. The number of aromatic nitrogens is 3. The summed E-state index contributed by atoms with van der Waals surface area (Å²) in [4.78, 5) is 30.3. The van der Waals surface area contributed by atoms with Crippen LogP contribution in [0.4, 0.5) is 5.95 Å². The van der Waals surface area contributed by atoms with Crippen LogP contribution in [0.2, 0.25) is 0 Å². The van der Waals surface area contributed by atoms with Gasteiger partial charge in [-0.1, -0.05) is 43.3 Å². The first-order valence-corrected chi connectivity index (χ1v) is 10.9. The molecule has 1 aromatic heterocycles. The number of amidine groups is 1. The van der Waals surface area contributed by atoms with Crippen LogP contribution in [0.5, 0.6) is 5.75 Å². The number of nitrogens with two attached hydrogens (primary N) is 1. The van der Waals surface area contributed by atoms with Gasteiger partial charge in [0, 0.05) is 13.0 Å². The predicted octanol–water partition coefficient (Wildman–Crippen LogP) is 2.20. The van der Waals surface area contributed by atoms with Gasteiger partial charge < -0.3 is 15.8 Å². The lowest BCUT2D eigenvalue weighted by atomic mass is 10.1. The molecule has 2 aromatic carbocycles. The molecule has 0 aliphatic rings. The van der Waals surface area contributed by atoms with E-state index in [-0.39, 0.29) is 24.9 Å². The van der Waals surface area contributed by atoms with Crippen LogP contribution in [0.3, 0.4) is 0 Å². The van der Waals surface area contributed by atoms with Crippen molar-refractivity contribution in [2.24, 2.45) is 5.73 Å². The number of ether oxygens (including phenoxy) is 1. The van der Waals surface area contributed by atoms with Gasteiger partial charge in [0.15, 0.2) is 0 Å². The molecule has 0 unspecified atom stereocenters. The molecule has 174 valence electrons. The van der Waals surface area contributed by atoms with E-state index in [1.54, 1.807) is 7.11 Å². The van der Waals surface area contributed by atoms with Crippen molar-refractivity contribution in [3.05, 3.63) is 86.2 Å². The molecule has 3 aromatic rings. The third-order valence-electron chi connectivity index (χ3n) is 5.33. The Morgan fingerprint density at radius 1 is 1.00 bits per heavy atom. The largest absolute Gasteiger partial charge is 0.497 e. The Hall–Kier alpha value is -3.88. The third kappa shape index (κ3) is 6.31. The lowest BCUT2D eigenvalue weighted by Gasteiger charge is -2.16. The summed E-state index contributed by atoms with van der Waals surface area (Å²) in [6.07, 6.45) is 1.92. The summed E-state index contributed by atoms with van der Waals surface area (Å²) in [5.74, 6) is 0.999. The highest BCUT2D eigenvalue weighted by molar-refractivity contribution is 5.76. The minimum absolute atomic E-state index is 0.0879. The molecule has 4 N–H and O–H groups in total. The van der Waals surface area contributed by atoms with Crippen LogP contribution in [0.1, 0.15) is 36.5 Å². The SMILES string of the molecule is CCc1ccc(Cn2c(=O)nc(NCCCC(=N)N)n(Cc3ccc(OC)cc3)c2=O)cc1. The van der Waals surface area contributed by atoms with Gasteiger partial charge in [-0.15, -0.1) is 0 Å². The summed E-state index contributed by atoms with van der Waals surface area (Å²) in [6.45, 7) is 2.88. The second-order valence-corrected chi connectivity index (χ2v) is 7.75. The topological polar surface area (TPSA) is 128 Å². The molecule has 9 heteroatoms. The minimum Gasteiger partial charge on any atom is -0.497 e. The van der Waals surface area contributed by atoms with Gasteiger partial charge in [0.05, 0.1) is 26.0 Å². The van der Waals surface area contributed by atoms with Crippen molar-refractivity contribution in [1.82, 2.24) is 14.1 Å². The molecule has 0 atom stereocenters. The van der Waals surface area contributed by atoms with E-state index in [4.69, 9.17) is 15.9 Å².